The van der Waals surface area contributed by atoms with Crippen LogP contribution in [0.3, 0.4) is 0 Å². The summed E-state index contributed by atoms with van der Waals surface area (Å²) in [6, 6.07) is 0. The fourth-order valence-corrected chi connectivity index (χ4v) is 1.90. The zero-order valence-electron chi connectivity index (χ0n) is 9.98. The molecule has 1 amide bonds. The van der Waals surface area contributed by atoms with Crippen LogP contribution < -0.4 is 5.73 Å². The predicted octanol–water partition coefficient (Wildman–Crippen LogP) is 1.17. The first kappa shape index (κ1) is 15.7. The van der Waals surface area contributed by atoms with Gasteiger partial charge in [0.05, 0.1) is 12.6 Å². The van der Waals surface area contributed by atoms with Gasteiger partial charge < -0.3 is 15.4 Å². The van der Waals surface area contributed by atoms with Crippen molar-refractivity contribution in [2.45, 2.75) is 38.7 Å². The summed E-state index contributed by atoms with van der Waals surface area (Å²) in [6.07, 6.45) is 4.43. The second-order valence-electron chi connectivity index (χ2n) is 4.01. The molecule has 1 heterocycles. The van der Waals surface area contributed by atoms with E-state index in [0.717, 1.165) is 45.4 Å². The lowest BCUT2D eigenvalue weighted by molar-refractivity contribution is -0.129. The number of likely N-dealkylation sites (tertiary alicyclic amines) is 1. The van der Waals surface area contributed by atoms with Gasteiger partial charge in [-0.1, -0.05) is 6.92 Å². The first-order chi connectivity index (χ1) is 7.27. The molecule has 1 aliphatic heterocycles. The highest BCUT2D eigenvalue weighted by Gasteiger charge is 2.19. The molecule has 0 radical (unpaired) electrons. The number of amides is 1. The lowest BCUT2D eigenvalue weighted by atomic mass is 10.2. The number of halogens is 1. The van der Waals surface area contributed by atoms with Crippen molar-refractivity contribution in [3.8, 4) is 0 Å². The number of nitrogens with zero attached hydrogens (tertiary/aromatic N) is 1. The van der Waals surface area contributed by atoms with Gasteiger partial charge in [0.2, 0.25) is 5.91 Å². The summed E-state index contributed by atoms with van der Waals surface area (Å²) in [7, 11) is 0. The number of nitrogens with two attached hydrogens (primary N) is 1. The van der Waals surface area contributed by atoms with Gasteiger partial charge in [0.1, 0.15) is 0 Å². The Balaban J connectivity index is 0.00000225. The van der Waals surface area contributed by atoms with Gasteiger partial charge >= 0.3 is 0 Å². The van der Waals surface area contributed by atoms with Crippen LogP contribution in [-0.2, 0) is 9.53 Å². The molecule has 96 valence electrons. The van der Waals surface area contributed by atoms with Crippen molar-refractivity contribution in [2.24, 2.45) is 5.73 Å². The number of hydrogen-bond donors (Lipinski definition) is 1. The summed E-state index contributed by atoms with van der Waals surface area (Å²) in [4.78, 5) is 13.3. The van der Waals surface area contributed by atoms with Gasteiger partial charge in [-0.25, -0.2) is 0 Å². The quantitative estimate of drug-likeness (QED) is 0.815. The Hall–Kier alpha value is -0.320. The standard InChI is InChI=1S/C11H22N2O2.ClH/c1-2-8-15-10-4-3-6-13(7-5-10)11(14)9-12;/h10H,2-9,12H2,1H3;1H. The van der Waals surface area contributed by atoms with E-state index in [2.05, 4.69) is 6.92 Å². The molecule has 1 atom stereocenters. The van der Waals surface area contributed by atoms with Crippen molar-refractivity contribution >= 4 is 18.3 Å². The van der Waals surface area contributed by atoms with E-state index in [1.807, 2.05) is 4.90 Å². The minimum Gasteiger partial charge on any atom is -0.378 e. The smallest absolute Gasteiger partial charge is 0.236 e. The number of carbonyl (C=O) groups is 1. The molecule has 0 aromatic heterocycles. The van der Waals surface area contributed by atoms with Crippen LogP contribution in [0.4, 0.5) is 0 Å². The van der Waals surface area contributed by atoms with Crippen molar-refractivity contribution in [1.29, 1.82) is 0 Å². The second kappa shape index (κ2) is 8.79. The molecule has 0 aromatic rings. The van der Waals surface area contributed by atoms with Crippen LogP contribution in [0.1, 0.15) is 32.6 Å². The molecular formula is C11H23ClN2O2. The van der Waals surface area contributed by atoms with Crippen LogP contribution in [0.25, 0.3) is 0 Å². The van der Waals surface area contributed by atoms with Crippen LogP contribution in [0, 0.1) is 0 Å². The molecule has 16 heavy (non-hydrogen) atoms. The first-order valence-electron chi connectivity index (χ1n) is 5.87. The van der Waals surface area contributed by atoms with E-state index < -0.39 is 0 Å². The van der Waals surface area contributed by atoms with Crippen LogP contribution in [0.5, 0.6) is 0 Å². The van der Waals surface area contributed by atoms with Gasteiger partial charge in [-0.15, -0.1) is 12.4 Å². The van der Waals surface area contributed by atoms with Gasteiger partial charge in [0.15, 0.2) is 0 Å². The summed E-state index contributed by atoms with van der Waals surface area (Å²) < 4.78 is 5.70. The maximum atomic E-state index is 11.4. The Morgan fingerprint density at radius 2 is 2.19 bits per heavy atom. The molecular weight excluding hydrogens is 228 g/mol. The van der Waals surface area contributed by atoms with Gasteiger partial charge in [0.25, 0.3) is 0 Å². The number of carbonyl (C=O) groups excluding carboxylic acids is 1. The van der Waals surface area contributed by atoms with Crippen molar-refractivity contribution in [1.82, 2.24) is 4.90 Å². The monoisotopic (exact) mass is 250 g/mol. The minimum atomic E-state index is 0. The van der Waals surface area contributed by atoms with Gasteiger partial charge in [0, 0.05) is 19.7 Å². The van der Waals surface area contributed by atoms with Crippen LogP contribution in [-0.4, -0.2) is 43.2 Å². The number of ether oxygens (including phenoxy) is 1. The summed E-state index contributed by atoms with van der Waals surface area (Å²) in [5.41, 5.74) is 5.35. The summed E-state index contributed by atoms with van der Waals surface area (Å²) >= 11 is 0. The lowest BCUT2D eigenvalue weighted by Crippen LogP contribution is -2.36. The Bertz CT molecular complexity index is 202. The molecule has 1 saturated heterocycles. The minimum absolute atomic E-state index is 0. The normalized spacial score (nSPS) is 21.1. The van der Waals surface area contributed by atoms with E-state index in [9.17, 15) is 4.79 Å². The van der Waals surface area contributed by atoms with Crippen molar-refractivity contribution in [3.05, 3.63) is 0 Å². The van der Waals surface area contributed by atoms with Gasteiger partial charge in [-0.3, -0.25) is 4.79 Å². The average Bonchev–Trinajstić information content (AvgIpc) is 2.50. The van der Waals surface area contributed by atoms with Crippen LogP contribution in [0.2, 0.25) is 0 Å². The molecule has 1 fully saturated rings. The molecule has 4 nitrogen and oxygen atoms in total. The maximum absolute atomic E-state index is 11.4. The fraction of sp³-hybridized carbons (Fsp3) is 0.909. The van der Waals surface area contributed by atoms with E-state index in [1.165, 1.54) is 0 Å². The topological polar surface area (TPSA) is 55.6 Å². The largest absolute Gasteiger partial charge is 0.378 e. The molecule has 0 spiro atoms. The van der Waals surface area contributed by atoms with Crippen molar-refractivity contribution < 1.29 is 9.53 Å². The third kappa shape index (κ3) is 5.14. The molecule has 0 aromatic carbocycles. The Kier molecular flexibility index (Phi) is 8.61. The second-order valence-corrected chi connectivity index (χ2v) is 4.01. The van der Waals surface area contributed by atoms with E-state index in [-0.39, 0.29) is 24.9 Å². The molecule has 2 N–H and O–H groups in total. The molecule has 1 unspecified atom stereocenters. The molecule has 1 rings (SSSR count). The van der Waals surface area contributed by atoms with Gasteiger partial charge in [-0.2, -0.15) is 0 Å². The predicted molar refractivity (Wildman–Crippen MR) is 66.8 cm³/mol. The first-order valence-corrected chi connectivity index (χ1v) is 5.87. The highest BCUT2D eigenvalue weighted by atomic mass is 35.5. The van der Waals surface area contributed by atoms with E-state index in [1.54, 1.807) is 0 Å². The Morgan fingerprint density at radius 1 is 1.44 bits per heavy atom. The van der Waals surface area contributed by atoms with E-state index in [0.29, 0.717) is 6.10 Å². The lowest BCUT2D eigenvalue weighted by Gasteiger charge is -2.19. The van der Waals surface area contributed by atoms with Crippen molar-refractivity contribution in [3.63, 3.8) is 0 Å². The van der Waals surface area contributed by atoms with Crippen LogP contribution >= 0.6 is 12.4 Å². The molecule has 0 bridgehead atoms. The summed E-state index contributed by atoms with van der Waals surface area (Å²) in [5, 5.41) is 0. The van der Waals surface area contributed by atoms with E-state index >= 15 is 0 Å². The average molecular weight is 251 g/mol. The van der Waals surface area contributed by atoms with Crippen molar-refractivity contribution in [2.75, 3.05) is 26.2 Å². The third-order valence-corrected chi connectivity index (χ3v) is 2.76. The molecule has 5 heteroatoms. The summed E-state index contributed by atoms with van der Waals surface area (Å²) in [5.74, 6) is 0.0612. The SMILES string of the molecule is CCCOC1CCCN(C(=O)CN)CC1.Cl. The molecule has 1 aliphatic rings. The fourth-order valence-electron chi connectivity index (χ4n) is 1.90. The Labute approximate surface area is 104 Å². The highest BCUT2D eigenvalue weighted by molar-refractivity contribution is 5.85. The number of hydrogen-bond acceptors (Lipinski definition) is 3. The highest BCUT2D eigenvalue weighted by Crippen LogP contribution is 2.14. The molecule has 0 saturated carbocycles. The Morgan fingerprint density at radius 3 is 2.81 bits per heavy atom. The summed E-state index contributed by atoms with van der Waals surface area (Å²) in [6.45, 7) is 4.70. The maximum Gasteiger partial charge on any atom is 0.236 e. The zero-order chi connectivity index (χ0) is 11.1. The molecule has 0 aliphatic carbocycles. The third-order valence-electron chi connectivity index (χ3n) is 2.76. The van der Waals surface area contributed by atoms with Crippen LogP contribution in [0.15, 0.2) is 0 Å². The zero-order valence-corrected chi connectivity index (χ0v) is 10.8. The van der Waals surface area contributed by atoms with E-state index in [4.69, 9.17) is 10.5 Å². The number of rotatable bonds is 4. The van der Waals surface area contributed by atoms with Gasteiger partial charge in [-0.05, 0) is 25.7 Å².